The van der Waals surface area contributed by atoms with Gasteiger partial charge in [-0.15, -0.1) is 40.8 Å². The van der Waals surface area contributed by atoms with Crippen LogP contribution in [-0.2, 0) is 40.9 Å². The minimum Gasteiger partial charge on any atom is -0.352 e. The van der Waals surface area contributed by atoms with E-state index in [0.29, 0.717) is 99.6 Å². The van der Waals surface area contributed by atoms with Gasteiger partial charge >= 0.3 is 0 Å². The molecule has 2 fully saturated rings. The molecule has 4 aromatic rings. The Labute approximate surface area is 407 Å². The van der Waals surface area contributed by atoms with Crippen molar-refractivity contribution in [1.29, 1.82) is 0 Å². The lowest BCUT2D eigenvalue weighted by Gasteiger charge is -2.36. The van der Waals surface area contributed by atoms with E-state index in [2.05, 4.69) is 61.2 Å². The first kappa shape index (κ1) is 55.2. The van der Waals surface area contributed by atoms with Gasteiger partial charge in [0.15, 0.2) is 11.6 Å². The third-order valence-corrected chi connectivity index (χ3v) is 22.4. The van der Waals surface area contributed by atoms with Crippen LogP contribution < -0.4 is 10.6 Å². The Bertz CT molecular complexity index is 2380. The van der Waals surface area contributed by atoms with Crippen LogP contribution in [0.2, 0.25) is 0 Å². The fraction of sp³-hybridized carbons (Fsp3) is 0.571. The lowest BCUT2D eigenvalue weighted by Crippen LogP contribution is -2.47. The maximum absolute atomic E-state index is 13.5. The van der Waals surface area contributed by atoms with Crippen LogP contribution in [-0.4, -0.2) is 194 Å². The number of aromatic nitrogens is 8. The molecule has 4 heterocycles. The Kier molecular flexibility index (Phi) is 20.1. The number of nitrogens with one attached hydrogen (secondary N) is 2. The number of nitrogens with zero attached hydrogens (tertiary/aromatic N) is 12. The summed E-state index contributed by atoms with van der Waals surface area (Å²) in [5.41, 5.74) is 2.96. The summed E-state index contributed by atoms with van der Waals surface area (Å²) in [4.78, 5) is 77.0. The Balaban J connectivity index is 0.901. The van der Waals surface area contributed by atoms with Crippen molar-refractivity contribution in [2.75, 3.05) is 102 Å². The third-order valence-electron chi connectivity index (χ3n) is 11.8. The summed E-state index contributed by atoms with van der Waals surface area (Å²) >= 11 is 0. The first-order valence-corrected chi connectivity index (χ1v) is 31.2. The van der Waals surface area contributed by atoms with Crippen molar-refractivity contribution >= 4 is 41.3 Å². The summed E-state index contributed by atoms with van der Waals surface area (Å²) in [6, 6.07) is 14.2. The molecule has 0 saturated carbocycles. The maximum Gasteiger partial charge on any atom is 0.223 e. The van der Waals surface area contributed by atoms with Gasteiger partial charge in [0.05, 0.1) is 12.6 Å². The zero-order valence-electron chi connectivity index (χ0n) is 39.6. The van der Waals surface area contributed by atoms with Gasteiger partial charge < -0.3 is 40.0 Å². The minimum absolute atomic E-state index is 0.174. The molecule has 24 nitrogen and oxygen atoms in total. The molecule has 2 saturated heterocycles. The molecule has 6 N–H and O–H groups in total. The summed E-state index contributed by atoms with van der Waals surface area (Å²) in [6.07, 6.45) is -0.679. The Hall–Kier alpha value is -4.14. The lowest BCUT2D eigenvalue weighted by atomic mass is 10.1. The van der Waals surface area contributed by atoms with Crippen LogP contribution >= 0.6 is 29.5 Å². The van der Waals surface area contributed by atoms with Crippen LogP contribution in [0.1, 0.15) is 48.5 Å². The fourth-order valence-electron chi connectivity index (χ4n) is 8.07. The maximum atomic E-state index is 13.5. The lowest BCUT2D eigenvalue weighted by molar-refractivity contribution is -0.121. The molecule has 2 aromatic carbocycles. The van der Waals surface area contributed by atoms with Crippen LogP contribution in [0.15, 0.2) is 48.5 Å². The Morgan fingerprint density at radius 2 is 0.829 bits per heavy atom. The first-order chi connectivity index (χ1) is 33.2. The van der Waals surface area contributed by atoms with Crippen molar-refractivity contribution in [1.82, 2.24) is 71.0 Å². The van der Waals surface area contributed by atoms with Crippen molar-refractivity contribution in [2.24, 2.45) is 0 Å². The van der Waals surface area contributed by atoms with E-state index in [1.807, 2.05) is 9.80 Å². The van der Waals surface area contributed by atoms with Crippen LogP contribution in [0.25, 0.3) is 22.8 Å². The van der Waals surface area contributed by atoms with E-state index in [9.17, 15) is 47.4 Å². The second kappa shape index (κ2) is 25.5. The zero-order chi connectivity index (χ0) is 50.4. The summed E-state index contributed by atoms with van der Waals surface area (Å²) in [6.45, 7) is 9.42. The molecule has 0 radical (unpaired) electrons. The highest BCUT2D eigenvalue weighted by molar-refractivity contribution is 7.75. The number of hydrogen-bond donors (Lipinski definition) is 6. The van der Waals surface area contributed by atoms with Crippen molar-refractivity contribution in [3.63, 3.8) is 0 Å². The standard InChI is InChI=1S/C42H64N14O10P4/c1-33-45-49-41(50-46-33)37-9-5-35(6-10-37)27-43-39(57)13-25-67(59,60)31-69(63,64)29-55-17-3-15-54-20-19-53(21-23-55)16-4-18-56(24-22-54)30-70(65,66)32-68(61,62)26-14-40(58)44-28-36-7-11-38(12-8-36)42-51-47-34(2)48-52-42/h5-12H,3-4,13-32H2,1-2H3,(H,43,57)(H,44,58)(H,59,60)(H,61,62)(H,63,64)(H,65,66). The molecule has 2 bridgehead atoms. The van der Waals surface area contributed by atoms with Gasteiger partial charge in [0.25, 0.3) is 0 Å². The fourth-order valence-corrected chi connectivity index (χ4v) is 18.4. The molecule has 0 aliphatic carbocycles. The van der Waals surface area contributed by atoms with Crippen molar-refractivity contribution in [2.45, 2.75) is 52.6 Å². The van der Waals surface area contributed by atoms with E-state index in [4.69, 9.17) is 0 Å². The summed E-state index contributed by atoms with van der Waals surface area (Å²) in [5, 5.41) is 37.1. The van der Waals surface area contributed by atoms with E-state index in [-0.39, 0.29) is 38.5 Å². The molecule has 382 valence electrons. The highest BCUT2D eigenvalue weighted by atomic mass is 31.2. The molecule has 6 rings (SSSR count). The topological polar surface area (TPSA) is 323 Å². The zero-order valence-corrected chi connectivity index (χ0v) is 43.1. The van der Waals surface area contributed by atoms with Crippen molar-refractivity contribution < 1.29 is 47.4 Å². The van der Waals surface area contributed by atoms with E-state index < -0.39 is 65.4 Å². The average molecular weight is 1050 g/mol. The van der Waals surface area contributed by atoms with Gasteiger partial charge in [0, 0.05) is 88.7 Å². The van der Waals surface area contributed by atoms with Crippen LogP contribution in [0, 0.1) is 13.8 Å². The summed E-state index contributed by atoms with van der Waals surface area (Å²) in [7, 11) is -16.5. The molecule has 2 aromatic heterocycles. The van der Waals surface area contributed by atoms with Crippen LogP contribution in [0.5, 0.6) is 0 Å². The average Bonchev–Trinajstić information content (AvgIpc) is 3.30. The van der Waals surface area contributed by atoms with Gasteiger partial charge in [-0.3, -0.25) is 37.6 Å². The predicted molar refractivity (Wildman–Crippen MR) is 262 cm³/mol. The van der Waals surface area contributed by atoms with Crippen LogP contribution in [0.4, 0.5) is 0 Å². The third kappa shape index (κ3) is 19.1. The molecule has 28 heteroatoms. The highest BCUT2D eigenvalue weighted by Crippen LogP contribution is 2.58. The number of carbonyl (C=O) groups is 2. The van der Waals surface area contributed by atoms with Gasteiger partial charge in [-0.05, 0) is 64.0 Å². The quantitative estimate of drug-likeness (QED) is 0.0692. The molecular weight excluding hydrogens is 984 g/mol. The summed E-state index contributed by atoms with van der Waals surface area (Å²) in [5.74, 6) is -0.884. The second-order valence-corrected chi connectivity index (χ2v) is 28.5. The molecular formula is C42H64N14O10P4. The molecule has 6 atom stereocenters. The Morgan fingerprint density at radius 3 is 1.19 bits per heavy atom. The van der Waals surface area contributed by atoms with Gasteiger partial charge in [0.1, 0.15) is 11.8 Å². The number of fused-ring (bicyclic) bond motifs is 3. The number of benzene rings is 2. The number of hydrogen-bond acceptors (Lipinski definition) is 18. The summed E-state index contributed by atoms with van der Waals surface area (Å²) < 4.78 is 53.3. The first-order valence-electron chi connectivity index (χ1n) is 23.1. The number of rotatable bonds is 20. The van der Waals surface area contributed by atoms with E-state index in [1.165, 1.54) is 0 Å². The monoisotopic (exact) mass is 1050 g/mol. The second-order valence-electron chi connectivity index (χ2n) is 18.0. The Morgan fingerprint density at radius 1 is 0.486 bits per heavy atom. The van der Waals surface area contributed by atoms with Crippen molar-refractivity contribution in [3.8, 4) is 22.8 Å². The molecule has 2 amide bonds. The van der Waals surface area contributed by atoms with Gasteiger partial charge in [-0.25, -0.2) is 0 Å². The number of amides is 2. The molecule has 70 heavy (non-hydrogen) atoms. The SMILES string of the molecule is Cc1nnc(-c2ccc(CNC(=O)CCP(=O)(O)CP(=O)(O)CN3CCCN4CCN(CCCN(CP(=O)(O)CP(=O)(O)CCC(=O)NCc5ccc(-c6nnc(C)nn6)cc5)CC4)CC3)cc2)nn1. The molecule has 0 spiro atoms. The largest absolute Gasteiger partial charge is 0.352 e. The highest BCUT2D eigenvalue weighted by Gasteiger charge is 2.35. The van der Waals surface area contributed by atoms with Gasteiger partial charge in [-0.1, -0.05) is 48.5 Å². The molecule has 2 aliphatic heterocycles. The van der Waals surface area contributed by atoms with E-state index in [0.717, 1.165) is 24.2 Å². The van der Waals surface area contributed by atoms with Gasteiger partial charge in [0.2, 0.25) is 52.9 Å². The predicted octanol–water partition coefficient (Wildman–Crippen LogP) is 2.44. The number of carbonyl (C=O) groups excluding carboxylic acids is 2. The van der Waals surface area contributed by atoms with E-state index in [1.54, 1.807) is 62.4 Å². The minimum atomic E-state index is -4.15. The molecule has 2 aliphatic rings. The normalized spacial score (nSPS) is 21.0. The smallest absolute Gasteiger partial charge is 0.223 e. The van der Waals surface area contributed by atoms with Crippen molar-refractivity contribution in [3.05, 3.63) is 71.3 Å². The molecule has 6 unspecified atom stereocenters. The van der Waals surface area contributed by atoms with Crippen LogP contribution in [0.3, 0.4) is 0 Å². The number of aryl methyl sites for hydroxylation is 2. The van der Waals surface area contributed by atoms with Gasteiger partial charge in [-0.2, -0.15) is 0 Å². The van der Waals surface area contributed by atoms with E-state index >= 15 is 0 Å².